The van der Waals surface area contributed by atoms with E-state index in [1.54, 1.807) is 23.2 Å². The van der Waals surface area contributed by atoms with Gasteiger partial charge in [-0.1, -0.05) is 5.16 Å². The lowest BCUT2D eigenvalue weighted by atomic mass is 10.1. The van der Waals surface area contributed by atoms with Crippen molar-refractivity contribution in [1.29, 1.82) is 0 Å². The summed E-state index contributed by atoms with van der Waals surface area (Å²) in [5.41, 5.74) is 2.02. The Balaban J connectivity index is 1.61. The van der Waals surface area contributed by atoms with Crippen molar-refractivity contribution in [2.75, 3.05) is 11.4 Å². The van der Waals surface area contributed by atoms with Crippen LogP contribution < -0.4 is 4.90 Å². The first-order valence-corrected chi connectivity index (χ1v) is 8.17. The zero-order valence-electron chi connectivity index (χ0n) is 12.1. The number of hydrogen-bond acceptors (Lipinski definition) is 5. The maximum Gasteiger partial charge on any atom is 0.259 e. The normalized spacial score (nSPS) is 24.1. The van der Waals surface area contributed by atoms with Crippen LogP contribution in [0.3, 0.4) is 0 Å². The van der Waals surface area contributed by atoms with E-state index in [2.05, 4.69) is 5.16 Å². The molecule has 6 nitrogen and oxygen atoms in total. The standard InChI is InChI=1S/C15H15N3O3S/c1-9-11(7-21-16-9)15(20)17-4-2-12-13(17)6-14(19)18(12)10-3-5-22-8-10/h3,5,7-8,12-13H,2,4,6H2,1H3. The number of carbonyl (C=O) groups is 2. The second-order valence-corrected chi connectivity index (χ2v) is 6.46. The molecule has 0 saturated carbocycles. The quantitative estimate of drug-likeness (QED) is 0.850. The van der Waals surface area contributed by atoms with Crippen LogP contribution in [0.2, 0.25) is 0 Å². The molecular formula is C15H15N3O3S. The second-order valence-electron chi connectivity index (χ2n) is 5.68. The van der Waals surface area contributed by atoms with Crippen molar-refractivity contribution >= 4 is 28.8 Å². The fourth-order valence-corrected chi connectivity index (χ4v) is 4.11. The first-order valence-electron chi connectivity index (χ1n) is 7.23. The van der Waals surface area contributed by atoms with Gasteiger partial charge >= 0.3 is 0 Å². The maximum atomic E-state index is 12.7. The number of hydrogen-bond donors (Lipinski definition) is 0. The van der Waals surface area contributed by atoms with Gasteiger partial charge in [-0.25, -0.2) is 0 Å². The number of fused-ring (bicyclic) bond motifs is 1. The second kappa shape index (κ2) is 4.95. The lowest BCUT2D eigenvalue weighted by molar-refractivity contribution is -0.117. The Labute approximate surface area is 131 Å². The Morgan fingerprint density at radius 3 is 3.00 bits per heavy atom. The number of aryl methyl sites for hydroxylation is 1. The summed E-state index contributed by atoms with van der Waals surface area (Å²) in [6, 6.07) is 1.97. The van der Waals surface area contributed by atoms with Crippen LogP contribution in [0.1, 0.15) is 28.9 Å². The molecule has 2 aliphatic rings. The molecule has 0 aliphatic carbocycles. The van der Waals surface area contributed by atoms with Gasteiger partial charge in [0.15, 0.2) is 0 Å². The summed E-state index contributed by atoms with van der Waals surface area (Å²) in [5, 5.41) is 7.71. The van der Waals surface area contributed by atoms with Gasteiger partial charge in [-0.15, -0.1) is 0 Å². The van der Waals surface area contributed by atoms with Crippen molar-refractivity contribution in [3.63, 3.8) is 0 Å². The van der Waals surface area contributed by atoms with Crippen LogP contribution in [0.15, 0.2) is 27.6 Å². The van der Waals surface area contributed by atoms with E-state index in [1.165, 1.54) is 6.26 Å². The minimum atomic E-state index is -0.0915. The summed E-state index contributed by atoms with van der Waals surface area (Å²) >= 11 is 1.57. The van der Waals surface area contributed by atoms with E-state index in [1.807, 2.05) is 21.7 Å². The highest BCUT2D eigenvalue weighted by atomic mass is 32.1. The van der Waals surface area contributed by atoms with E-state index < -0.39 is 0 Å². The van der Waals surface area contributed by atoms with E-state index >= 15 is 0 Å². The molecule has 2 aromatic heterocycles. The number of likely N-dealkylation sites (tertiary alicyclic amines) is 1. The molecule has 2 amide bonds. The van der Waals surface area contributed by atoms with Crippen LogP contribution in [-0.4, -0.2) is 40.5 Å². The van der Waals surface area contributed by atoms with Crippen LogP contribution in [0.5, 0.6) is 0 Å². The van der Waals surface area contributed by atoms with Crippen molar-refractivity contribution in [3.8, 4) is 0 Å². The third-order valence-corrected chi connectivity index (χ3v) is 5.19. The molecule has 2 atom stereocenters. The van der Waals surface area contributed by atoms with Gasteiger partial charge in [0.05, 0.1) is 23.5 Å². The fourth-order valence-electron chi connectivity index (χ4n) is 3.48. The van der Waals surface area contributed by atoms with Gasteiger partial charge < -0.3 is 14.3 Å². The summed E-state index contributed by atoms with van der Waals surface area (Å²) in [6.45, 7) is 2.41. The number of thiophene rings is 1. The average Bonchev–Trinajstić information content (AvgIpc) is 3.22. The van der Waals surface area contributed by atoms with E-state index in [4.69, 9.17) is 4.52 Å². The molecule has 2 saturated heterocycles. The minimum absolute atomic E-state index is 0.0609. The number of aromatic nitrogens is 1. The summed E-state index contributed by atoms with van der Waals surface area (Å²) in [6.07, 6.45) is 2.58. The SMILES string of the molecule is Cc1nocc1C(=O)N1CCC2C1CC(=O)N2c1ccsc1. The molecule has 2 aliphatic heterocycles. The van der Waals surface area contributed by atoms with Crippen LogP contribution in [0.25, 0.3) is 0 Å². The molecule has 0 radical (unpaired) electrons. The molecule has 0 bridgehead atoms. The Kier molecular flexibility index (Phi) is 3.04. The molecule has 0 spiro atoms. The highest BCUT2D eigenvalue weighted by Gasteiger charge is 2.49. The van der Waals surface area contributed by atoms with Crippen molar-refractivity contribution in [2.24, 2.45) is 0 Å². The Morgan fingerprint density at radius 2 is 2.32 bits per heavy atom. The zero-order valence-corrected chi connectivity index (χ0v) is 12.9. The molecule has 114 valence electrons. The van der Waals surface area contributed by atoms with Gasteiger partial charge in [-0.05, 0) is 24.8 Å². The van der Waals surface area contributed by atoms with Crippen LogP contribution >= 0.6 is 11.3 Å². The highest BCUT2D eigenvalue weighted by Crippen LogP contribution is 2.37. The van der Waals surface area contributed by atoms with Gasteiger partial charge in [0, 0.05) is 18.3 Å². The lowest BCUT2D eigenvalue weighted by Gasteiger charge is -2.24. The molecule has 2 unspecified atom stereocenters. The molecule has 4 heterocycles. The number of amides is 2. The molecule has 7 heteroatoms. The molecule has 4 rings (SSSR count). The lowest BCUT2D eigenvalue weighted by Crippen LogP contribution is -2.40. The molecule has 2 aromatic rings. The Bertz CT molecular complexity index is 724. The zero-order chi connectivity index (χ0) is 15.3. The third kappa shape index (κ3) is 1.89. The van der Waals surface area contributed by atoms with Gasteiger partial charge in [0.2, 0.25) is 5.91 Å². The van der Waals surface area contributed by atoms with E-state index in [0.717, 1.165) is 12.1 Å². The van der Waals surface area contributed by atoms with E-state index in [-0.39, 0.29) is 23.9 Å². The highest BCUT2D eigenvalue weighted by molar-refractivity contribution is 7.08. The van der Waals surface area contributed by atoms with Crippen LogP contribution in [0, 0.1) is 6.92 Å². The molecular weight excluding hydrogens is 302 g/mol. The summed E-state index contributed by atoms with van der Waals surface area (Å²) in [7, 11) is 0. The van der Waals surface area contributed by atoms with Crippen LogP contribution in [-0.2, 0) is 4.79 Å². The average molecular weight is 317 g/mol. The monoisotopic (exact) mass is 317 g/mol. The van der Waals surface area contributed by atoms with Gasteiger partial charge in [0.1, 0.15) is 11.8 Å². The van der Waals surface area contributed by atoms with Crippen LogP contribution in [0.4, 0.5) is 5.69 Å². The number of anilines is 1. The third-order valence-electron chi connectivity index (χ3n) is 4.52. The number of rotatable bonds is 2. The van der Waals surface area contributed by atoms with Gasteiger partial charge in [0.25, 0.3) is 5.91 Å². The molecule has 22 heavy (non-hydrogen) atoms. The molecule has 0 N–H and O–H groups in total. The Morgan fingerprint density at radius 1 is 1.45 bits per heavy atom. The molecule has 0 aromatic carbocycles. The fraction of sp³-hybridized carbons (Fsp3) is 0.400. The van der Waals surface area contributed by atoms with Crippen molar-refractivity contribution < 1.29 is 14.1 Å². The number of nitrogens with zero attached hydrogens (tertiary/aromatic N) is 3. The summed E-state index contributed by atoms with van der Waals surface area (Å²) in [4.78, 5) is 28.7. The largest absolute Gasteiger partial charge is 0.364 e. The van der Waals surface area contributed by atoms with E-state index in [9.17, 15) is 9.59 Å². The predicted molar refractivity (Wildman–Crippen MR) is 80.9 cm³/mol. The van der Waals surface area contributed by atoms with Crippen molar-refractivity contribution in [2.45, 2.75) is 31.8 Å². The summed E-state index contributed by atoms with van der Waals surface area (Å²) < 4.78 is 4.87. The predicted octanol–water partition coefficient (Wildman–Crippen LogP) is 2.06. The molecule has 2 fully saturated rings. The van der Waals surface area contributed by atoms with E-state index in [0.29, 0.717) is 24.2 Å². The van der Waals surface area contributed by atoms with Gasteiger partial charge in [-0.2, -0.15) is 11.3 Å². The van der Waals surface area contributed by atoms with Crippen molar-refractivity contribution in [1.82, 2.24) is 10.1 Å². The first-order chi connectivity index (χ1) is 10.7. The Hall–Kier alpha value is -2.15. The number of carbonyl (C=O) groups excluding carboxylic acids is 2. The smallest absolute Gasteiger partial charge is 0.259 e. The van der Waals surface area contributed by atoms with Crippen molar-refractivity contribution in [3.05, 3.63) is 34.3 Å². The van der Waals surface area contributed by atoms with Gasteiger partial charge in [-0.3, -0.25) is 9.59 Å². The summed E-state index contributed by atoms with van der Waals surface area (Å²) in [5.74, 6) is -0.000779. The topological polar surface area (TPSA) is 66.7 Å². The first kappa shape index (κ1) is 13.5. The minimum Gasteiger partial charge on any atom is -0.364 e. The maximum absolute atomic E-state index is 12.7.